The van der Waals surface area contributed by atoms with Crippen LogP contribution >= 0.6 is 0 Å². The van der Waals surface area contributed by atoms with Crippen molar-refractivity contribution in [2.45, 2.75) is 38.5 Å². The smallest absolute Gasteiger partial charge is 0.261 e. The second-order valence-electron chi connectivity index (χ2n) is 8.06. The van der Waals surface area contributed by atoms with Crippen LogP contribution in [0.3, 0.4) is 0 Å². The van der Waals surface area contributed by atoms with Gasteiger partial charge in [-0.1, -0.05) is 49.6 Å². The number of nitrogens with zero attached hydrogens (tertiary/aromatic N) is 1. The lowest BCUT2D eigenvalue weighted by Gasteiger charge is -2.21. The van der Waals surface area contributed by atoms with E-state index in [4.69, 9.17) is 0 Å². The molecular weight excluding hydrogens is 376 g/mol. The molecule has 1 heterocycles. The van der Waals surface area contributed by atoms with E-state index < -0.39 is 0 Å². The summed E-state index contributed by atoms with van der Waals surface area (Å²) >= 11 is 0. The number of anilines is 1. The fourth-order valence-corrected chi connectivity index (χ4v) is 4.23. The lowest BCUT2D eigenvalue weighted by atomic mass is 9.89. The fraction of sp³-hybridized carbons (Fsp3) is 0.320. The maximum atomic E-state index is 12.8. The van der Waals surface area contributed by atoms with Crippen molar-refractivity contribution < 1.29 is 14.4 Å². The second kappa shape index (κ2) is 9.08. The van der Waals surface area contributed by atoms with Gasteiger partial charge in [-0.3, -0.25) is 14.4 Å². The number of hydrogen-bond acceptors (Lipinski definition) is 3. The first-order valence-corrected chi connectivity index (χ1v) is 10.6. The van der Waals surface area contributed by atoms with Crippen molar-refractivity contribution in [1.82, 2.24) is 5.32 Å². The Morgan fingerprint density at radius 3 is 2.53 bits per heavy atom. The van der Waals surface area contributed by atoms with Gasteiger partial charge in [0.05, 0.1) is 12.1 Å². The third kappa shape index (κ3) is 4.51. The maximum Gasteiger partial charge on any atom is 0.261 e. The number of carbonyl (C=O) groups excluding carboxylic acids is 3. The van der Waals surface area contributed by atoms with Gasteiger partial charge in [0.25, 0.3) is 11.8 Å². The quantitative estimate of drug-likeness (QED) is 0.597. The molecule has 30 heavy (non-hydrogen) atoms. The van der Waals surface area contributed by atoms with Crippen molar-refractivity contribution >= 4 is 29.5 Å². The van der Waals surface area contributed by atoms with E-state index >= 15 is 0 Å². The Kier molecular flexibility index (Phi) is 6.07. The Labute approximate surface area is 176 Å². The highest BCUT2D eigenvalue weighted by Gasteiger charge is 2.34. The predicted octanol–water partition coefficient (Wildman–Crippen LogP) is 4.34. The van der Waals surface area contributed by atoms with Crippen molar-refractivity contribution in [1.29, 1.82) is 0 Å². The van der Waals surface area contributed by atoms with Crippen LogP contribution in [0.25, 0.3) is 6.08 Å². The van der Waals surface area contributed by atoms with Crippen LogP contribution in [0.1, 0.15) is 54.4 Å². The Bertz CT molecular complexity index is 975. The summed E-state index contributed by atoms with van der Waals surface area (Å²) in [4.78, 5) is 39.0. The molecule has 1 saturated carbocycles. The highest BCUT2D eigenvalue weighted by molar-refractivity contribution is 6.29. The Morgan fingerprint density at radius 2 is 1.77 bits per heavy atom. The van der Waals surface area contributed by atoms with Crippen LogP contribution in [0.4, 0.5) is 5.69 Å². The van der Waals surface area contributed by atoms with Crippen LogP contribution in [-0.2, 0) is 9.59 Å². The molecule has 5 nitrogen and oxygen atoms in total. The predicted molar refractivity (Wildman–Crippen MR) is 117 cm³/mol. The van der Waals surface area contributed by atoms with Gasteiger partial charge in [-0.05, 0) is 54.7 Å². The molecule has 1 aliphatic carbocycles. The first-order valence-electron chi connectivity index (χ1n) is 10.6. The number of para-hydroxylation sites is 1. The summed E-state index contributed by atoms with van der Waals surface area (Å²) in [5.74, 6) is -0.0724. The number of imide groups is 1. The van der Waals surface area contributed by atoms with Gasteiger partial charge in [0, 0.05) is 17.7 Å². The zero-order valence-corrected chi connectivity index (χ0v) is 17.0. The topological polar surface area (TPSA) is 66.5 Å². The summed E-state index contributed by atoms with van der Waals surface area (Å²) in [5.41, 5.74) is 2.32. The Balaban J connectivity index is 1.46. The maximum absolute atomic E-state index is 12.8. The fourth-order valence-electron chi connectivity index (χ4n) is 4.23. The number of benzene rings is 2. The minimum absolute atomic E-state index is 0.0613. The van der Waals surface area contributed by atoms with Gasteiger partial charge < -0.3 is 5.32 Å². The van der Waals surface area contributed by atoms with E-state index in [0.29, 0.717) is 29.3 Å². The standard InChI is InChI=1S/C25H26N2O3/c28-23-16-21(25(30)27(23)22-12-5-2-6-13-22)15-19-10-7-11-20(14-19)24(29)26-17-18-8-3-1-4-9-18/h2,5-7,10-15,18H,1,3-4,8-9,16-17H2,(H,26,29)/b21-15+. The average molecular weight is 402 g/mol. The molecule has 0 spiro atoms. The van der Waals surface area contributed by atoms with E-state index in [2.05, 4.69) is 5.32 Å². The lowest BCUT2D eigenvalue weighted by Crippen LogP contribution is -2.30. The normalized spacial score (nSPS) is 18.8. The molecule has 0 radical (unpaired) electrons. The molecule has 0 aromatic heterocycles. The van der Waals surface area contributed by atoms with Crippen molar-refractivity contribution in [2.24, 2.45) is 5.92 Å². The third-order valence-electron chi connectivity index (χ3n) is 5.85. The van der Waals surface area contributed by atoms with Gasteiger partial charge in [-0.25, -0.2) is 4.90 Å². The second-order valence-corrected chi connectivity index (χ2v) is 8.06. The van der Waals surface area contributed by atoms with E-state index in [9.17, 15) is 14.4 Å². The van der Waals surface area contributed by atoms with Gasteiger partial charge in [0.15, 0.2) is 0 Å². The van der Waals surface area contributed by atoms with E-state index in [1.165, 1.54) is 37.0 Å². The molecule has 3 amide bonds. The van der Waals surface area contributed by atoms with Gasteiger partial charge in [-0.2, -0.15) is 0 Å². The number of nitrogens with one attached hydrogen (secondary N) is 1. The van der Waals surface area contributed by atoms with Crippen LogP contribution in [0.15, 0.2) is 60.2 Å². The van der Waals surface area contributed by atoms with Gasteiger partial charge >= 0.3 is 0 Å². The van der Waals surface area contributed by atoms with E-state index in [1.807, 2.05) is 12.1 Å². The average Bonchev–Trinajstić information content (AvgIpc) is 3.06. The van der Waals surface area contributed by atoms with Crippen LogP contribution < -0.4 is 10.2 Å². The van der Waals surface area contributed by atoms with Crippen LogP contribution in [0, 0.1) is 5.92 Å². The number of carbonyl (C=O) groups is 3. The molecular formula is C25H26N2O3. The molecule has 1 aliphatic heterocycles. The summed E-state index contributed by atoms with van der Waals surface area (Å²) in [7, 11) is 0. The van der Waals surface area contributed by atoms with Crippen LogP contribution in [0.5, 0.6) is 0 Å². The summed E-state index contributed by atoms with van der Waals surface area (Å²) in [5, 5.41) is 3.05. The molecule has 0 atom stereocenters. The minimum atomic E-state index is -0.307. The number of hydrogen-bond donors (Lipinski definition) is 1. The molecule has 2 fully saturated rings. The molecule has 5 heteroatoms. The molecule has 2 aromatic carbocycles. The zero-order valence-electron chi connectivity index (χ0n) is 17.0. The molecule has 0 bridgehead atoms. The van der Waals surface area contributed by atoms with Crippen molar-refractivity contribution in [2.75, 3.05) is 11.4 Å². The molecule has 2 aromatic rings. The van der Waals surface area contributed by atoms with Crippen molar-refractivity contribution in [3.8, 4) is 0 Å². The third-order valence-corrected chi connectivity index (χ3v) is 5.85. The molecule has 1 saturated heterocycles. The largest absolute Gasteiger partial charge is 0.352 e. The highest BCUT2D eigenvalue weighted by atomic mass is 16.2. The molecule has 2 aliphatic rings. The van der Waals surface area contributed by atoms with Crippen molar-refractivity contribution in [3.05, 3.63) is 71.3 Å². The van der Waals surface area contributed by atoms with Crippen LogP contribution in [0.2, 0.25) is 0 Å². The monoisotopic (exact) mass is 402 g/mol. The summed E-state index contributed by atoms with van der Waals surface area (Å²) in [6.07, 6.45) is 7.92. The van der Waals surface area contributed by atoms with E-state index in [-0.39, 0.29) is 24.1 Å². The summed E-state index contributed by atoms with van der Waals surface area (Å²) in [6.45, 7) is 0.711. The van der Waals surface area contributed by atoms with Gasteiger partial charge in [0.1, 0.15) is 0 Å². The molecule has 154 valence electrons. The number of amides is 3. The summed E-state index contributed by atoms with van der Waals surface area (Å²) < 4.78 is 0. The van der Waals surface area contributed by atoms with Gasteiger partial charge in [-0.15, -0.1) is 0 Å². The van der Waals surface area contributed by atoms with Gasteiger partial charge in [0.2, 0.25) is 5.91 Å². The molecule has 0 unspecified atom stereocenters. The Morgan fingerprint density at radius 1 is 1.00 bits per heavy atom. The first kappa shape index (κ1) is 20.1. The molecule has 1 N–H and O–H groups in total. The minimum Gasteiger partial charge on any atom is -0.352 e. The first-order chi connectivity index (χ1) is 14.6. The SMILES string of the molecule is O=C(NCC1CCCCC1)c1cccc(/C=C2\CC(=O)N(c3ccccc3)C2=O)c1. The van der Waals surface area contributed by atoms with E-state index in [1.54, 1.807) is 48.5 Å². The Hall–Kier alpha value is -3.21. The lowest BCUT2D eigenvalue weighted by molar-refractivity contribution is -0.120. The zero-order chi connectivity index (χ0) is 20.9. The van der Waals surface area contributed by atoms with Crippen LogP contribution in [-0.4, -0.2) is 24.3 Å². The number of rotatable bonds is 5. The van der Waals surface area contributed by atoms with Crippen molar-refractivity contribution in [3.63, 3.8) is 0 Å². The van der Waals surface area contributed by atoms with E-state index in [0.717, 1.165) is 5.56 Å². The summed E-state index contributed by atoms with van der Waals surface area (Å²) in [6, 6.07) is 16.1. The molecule has 4 rings (SSSR count). The highest BCUT2D eigenvalue weighted by Crippen LogP contribution is 2.27.